The third-order valence-corrected chi connectivity index (χ3v) is 4.74. The largest absolute Gasteiger partial charge is 0.338 e. The van der Waals surface area contributed by atoms with Crippen LogP contribution in [0.2, 0.25) is 0 Å². The average Bonchev–Trinajstić information content (AvgIpc) is 3.01. The van der Waals surface area contributed by atoms with Crippen LogP contribution in [0.4, 0.5) is 0 Å². The van der Waals surface area contributed by atoms with Crippen molar-refractivity contribution in [1.82, 2.24) is 14.3 Å². The number of carbonyl (C=O) groups is 1. The summed E-state index contributed by atoms with van der Waals surface area (Å²) < 4.78 is 1.95. The molecule has 0 aliphatic rings. The lowest BCUT2D eigenvalue weighted by Gasteiger charge is -2.21. The zero-order valence-corrected chi connectivity index (χ0v) is 16.1. The van der Waals surface area contributed by atoms with Crippen molar-refractivity contribution >= 4 is 11.6 Å². The van der Waals surface area contributed by atoms with Crippen LogP contribution in [0.15, 0.2) is 42.6 Å². The molecule has 2 heterocycles. The van der Waals surface area contributed by atoms with Crippen LogP contribution >= 0.6 is 0 Å². The lowest BCUT2D eigenvalue weighted by molar-refractivity contribution is 0.0756. The minimum atomic E-state index is 0.0506. The molecule has 2 aromatic heterocycles. The molecule has 0 saturated heterocycles. The molecule has 0 spiro atoms. The van der Waals surface area contributed by atoms with Gasteiger partial charge in [0.25, 0.3) is 5.91 Å². The molecule has 1 aromatic carbocycles. The Bertz CT molecular complexity index is 909. The van der Waals surface area contributed by atoms with Gasteiger partial charge in [-0.25, -0.2) is 4.98 Å². The molecule has 0 atom stereocenters. The van der Waals surface area contributed by atoms with E-state index in [9.17, 15) is 4.79 Å². The van der Waals surface area contributed by atoms with Crippen molar-refractivity contribution in [3.8, 4) is 11.3 Å². The maximum absolute atomic E-state index is 13.4. The lowest BCUT2D eigenvalue weighted by atomic mass is 10.1. The van der Waals surface area contributed by atoms with Gasteiger partial charge >= 0.3 is 0 Å². The third-order valence-electron chi connectivity index (χ3n) is 4.74. The molecule has 26 heavy (non-hydrogen) atoms. The van der Waals surface area contributed by atoms with Crippen molar-refractivity contribution in [3.05, 3.63) is 59.4 Å². The van der Waals surface area contributed by atoms with Crippen LogP contribution in [0.5, 0.6) is 0 Å². The highest BCUT2D eigenvalue weighted by Gasteiger charge is 2.24. The van der Waals surface area contributed by atoms with Crippen molar-refractivity contribution < 1.29 is 4.79 Å². The number of amides is 1. The van der Waals surface area contributed by atoms with Gasteiger partial charge in [-0.1, -0.05) is 49.2 Å². The minimum absolute atomic E-state index is 0.0506. The first-order valence-corrected chi connectivity index (χ1v) is 9.40. The Kier molecular flexibility index (Phi) is 5.40. The van der Waals surface area contributed by atoms with Crippen LogP contribution in [0.3, 0.4) is 0 Å². The van der Waals surface area contributed by atoms with Crippen molar-refractivity contribution in [1.29, 1.82) is 0 Å². The van der Waals surface area contributed by atoms with E-state index in [1.807, 2.05) is 53.6 Å². The van der Waals surface area contributed by atoms with E-state index in [0.717, 1.165) is 41.9 Å². The molecule has 3 rings (SSSR count). The highest BCUT2D eigenvalue weighted by atomic mass is 16.2. The molecule has 3 aromatic rings. The Morgan fingerprint density at radius 2 is 1.73 bits per heavy atom. The maximum atomic E-state index is 13.4. The summed E-state index contributed by atoms with van der Waals surface area (Å²) in [6.07, 6.45) is 4.08. The monoisotopic (exact) mass is 349 g/mol. The second-order valence-electron chi connectivity index (χ2n) is 6.85. The van der Waals surface area contributed by atoms with E-state index >= 15 is 0 Å². The third kappa shape index (κ3) is 3.50. The van der Waals surface area contributed by atoms with Crippen molar-refractivity contribution in [2.24, 2.45) is 0 Å². The molecule has 0 radical (unpaired) electrons. The van der Waals surface area contributed by atoms with Crippen LogP contribution in [0.1, 0.15) is 48.3 Å². The summed E-state index contributed by atoms with van der Waals surface area (Å²) in [7, 11) is 0. The van der Waals surface area contributed by atoms with Crippen molar-refractivity contribution in [2.75, 3.05) is 13.1 Å². The number of pyridine rings is 1. The molecule has 0 fully saturated rings. The Hall–Kier alpha value is -2.62. The summed E-state index contributed by atoms with van der Waals surface area (Å²) in [4.78, 5) is 20.1. The highest BCUT2D eigenvalue weighted by molar-refractivity contribution is 5.99. The molecule has 1 amide bonds. The number of rotatable bonds is 6. The van der Waals surface area contributed by atoms with E-state index in [2.05, 4.69) is 26.0 Å². The van der Waals surface area contributed by atoms with Gasteiger partial charge in [-0.3, -0.25) is 9.20 Å². The van der Waals surface area contributed by atoms with Gasteiger partial charge in [0.15, 0.2) is 0 Å². The molecule has 4 heteroatoms. The van der Waals surface area contributed by atoms with E-state index in [4.69, 9.17) is 4.98 Å². The quantitative estimate of drug-likeness (QED) is 0.636. The number of benzene rings is 1. The zero-order valence-electron chi connectivity index (χ0n) is 16.1. The molecule has 0 N–H and O–H groups in total. The van der Waals surface area contributed by atoms with Crippen LogP contribution in [0.25, 0.3) is 16.9 Å². The summed E-state index contributed by atoms with van der Waals surface area (Å²) in [5.41, 5.74) is 5.50. The fraction of sp³-hybridized carbons (Fsp3) is 0.364. The summed E-state index contributed by atoms with van der Waals surface area (Å²) >= 11 is 0. The molecular formula is C22H27N3O. The Morgan fingerprint density at radius 1 is 1.04 bits per heavy atom. The number of nitrogens with zero attached hydrogens (tertiary/aromatic N) is 3. The molecule has 0 saturated carbocycles. The summed E-state index contributed by atoms with van der Waals surface area (Å²) in [6, 6.07) is 12.2. The Balaban J connectivity index is 2.17. The number of aromatic nitrogens is 2. The zero-order chi connectivity index (χ0) is 18.7. The second-order valence-corrected chi connectivity index (χ2v) is 6.85. The predicted molar refractivity (Wildman–Crippen MR) is 107 cm³/mol. The van der Waals surface area contributed by atoms with E-state index < -0.39 is 0 Å². The van der Waals surface area contributed by atoms with Gasteiger partial charge in [-0.15, -0.1) is 0 Å². The number of aryl methyl sites for hydroxylation is 2. The standard InChI is InChI=1S/C22H27N3O/c1-5-7-14-24(6-2)22(26)21-20(18-11-8-16(3)9-12-18)23-19-13-10-17(4)15-25(19)21/h8-13,15H,5-7,14H2,1-4H3. The SMILES string of the molecule is CCCCN(CC)C(=O)c1c(-c2ccc(C)cc2)nc2ccc(C)cn12. The van der Waals surface area contributed by atoms with Crippen LogP contribution in [0, 0.1) is 13.8 Å². The first-order chi connectivity index (χ1) is 12.5. The van der Waals surface area contributed by atoms with Gasteiger partial charge < -0.3 is 4.90 Å². The fourth-order valence-electron chi connectivity index (χ4n) is 3.17. The van der Waals surface area contributed by atoms with E-state index in [-0.39, 0.29) is 5.91 Å². The van der Waals surface area contributed by atoms with Gasteiger partial charge in [-0.05, 0) is 38.8 Å². The Labute approximate surface area is 155 Å². The fourth-order valence-corrected chi connectivity index (χ4v) is 3.17. The van der Waals surface area contributed by atoms with E-state index in [1.54, 1.807) is 0 Å². The smallest absolute Gasteiger partial charge is 0.273 e. The van der Waals surface area contributed by atoms with Crippen LogP contribution in [-0.2, 0) is 0 Å². The molecule has 136 valence electrons. The molecular weight excluding hydrogens is 322 g/mol. The van der Waals surface area contributed by atoms with Gasteiger partial charge in [0.1, 0.15) is 17.0 Å². The van der Waals surface area contributed by atoms with Gasteiger partial charge in [-0.2, -0.15) is 0 Å². The molecule has 0 bridgehead atoms. The van der Waals surface area contributed by atoms with E-state index in [1.165, 1.54) is 5.56 Å². The van der Waals surface area contributed by atoms with Crippen LogP contribution < -0.4 is 0 Å². The number of imidazole rings is 1. The number of unbranched alkanes of at least 4 members (excludes halogenated alkanes) is 1. The average molecular weight is 349 g/mol. The van der Waals surface area contributed by atoms with Crippen LogP contribution in [-0.4, -0.2) is 33.3 Å². The lowest BCUT2D eigenvalue weighted by Crippen LogP contribution is -2.33. The number of carbonyl (C=O) groups excluding carboxylic acids is 1. The highest BCUT2D eigenvalue weighted by Crippen LogP contribution is 2.26. The van der Waals surface area contributed by atoms with Gasteiger partial charge in [0, 0.05) is 24.8 Å². The number of hydrogen-bond donors (Lipinski definition) is 0. The first-order valence-electron chi connectivity index (χ1n) is 9.40. The van der Waals surface area contributed by atoms with Crippen molar-refractivity contribution in [2.45, 2.75) is 40.5 Å². The molecule has 0 unspecified atom stereocenters. The topological polar surface area (TPSA) is 37.6 Å². The molecule has 0 aliphatic carbocycles. The molecule has 4 nitrogen and oxygen atoms in total. The minimum Gasteiger partial charge on any atom is -0.338 e. The van der Waals surface area contributed by atoms with Gasteiger partial charge in [0.2, 0.25) is 0 Å². The summed E-state index contributed by atoms with van der Waals surface area (Å²) in [5.74, 6) is 0.0506. The van der Waals surface area contributed by atoms with Crippen molar-refractivity contribution in [3.63, 3.8) is 0 Å². The predicted octanol–water partition coefficient (Wildman–Crippen LogP) is 4.88. The number of fused-ring (bicyclic) bond motifs is 1. The normalized spacial score (nSPS) is 11.1. The Morgan fingerprint density at radius 3 is 2.38 bits per heavy atom. The van der Waals surface area contributed by atoms with E-state index in [0.29, 0.717) is 12.2 Å². The summed E-state index contributed by atoms with van der Waals surface area (Å²) in [5, 5.41) is 0. The first kappa shape index (κ1) is 18.2. The summed E-state index contributed by atoms with van der Waals surface area (Å²) in [6.45, 7) is 9.75. The van der Waals surface area contributed by atoms with Gasteiger partial charge in [0.05, 0.1) is 0 Å². The maximum Gasteiger partial charge on any atom is 0.273 e. The number of hydrogen-bond acceptors (Lipinski definition) is 2. The molecule has 0 aliphatic heterocycles. The second kappa shape index (κ2) is 7.73.